The van der Waals surface area contributed by atoms with Gasteiger partial charge < -0.3 is 10.6 Å². The Hall–Kier alpha value is -3.65. The molecular formula is C23H21N3O4S. The lowest BCUT2D eigenvalue weighted by Crippen LogP contribution is -2.52. The fraction of sp³-hybridized carbons (Fsp3) is 0.130. The molecule has 0 saturated heterocycles. The standard InChI is InChI=1S/C23H21N3O4S/c27-22(24-16-17-9-3-1-4-10-17)15-21-23(28)25-19-13-7-8-14-20(19)26(21)31(29,30)18-11-5-2-6-12-18/h1-14,21H,15-16H2,(H,24,27)(H,25,28). The second-order valence-corrected chi connectivity index (χ2v) is 8.92. The summed E-state index contributed by atoms with van der Waals surface area (Å²) in [6.45, 7) is 0.288. The van der Waals surface area contributed by atoms with E-state index >= 15 is 0 Å². The number of rotatable bonds is 6. The van der Waals surface area contributed by atoms with Crippen molar-refractivity contribution in [3.63, 3.8) is 0 Å². The normalized spacial score (nSPS) is 15.7. The molecule has 3 aromatic carbocycles. The Morgan fingerprint density at radius 1 is 0.903 bits per heavy atom. The van der Waals surface area contributed by atoms with Crippen molar-refractivity contribution in [2.24, 2.45) is 0 Å². The van der Waals surface area contributed by atoms with Gasteiger partial charge >= 0.3 is 0 Å². The smallest absolute Gasteiger partial charge is 0.265 e. The maximum Gasteiger partial charge on any atom is 0.265 e. The molecule has 0 saturated carbocycles. The first kappa shape index (κ1) is 20.6. The number of fused-ring (bicyclic) bond motifs is 1. The number of amides is 2. The fourth-order valence-electron chi connectivity index (χ4n) is 3.48. The molecule has 2 N–H and O–H groups in total. The second-order valence-electron chi connectivity index (χ2n) is 7.10. The van der Waals surface area contributed by atoms with Gasteiger partial charge in [0.2, 0.25) is 11.8 Å². The number of nitrogens with zero attached hydrogens (tertiary/aromatic N) is 1. The summed E-state index contributed by atoms with van der Waals surface area (Å²) in [7, 11) is -4.08. The van der Waals surface area contributed by atoms with Crippen molar-refractivity contribution in [3.05, 3.63) is 90.5 Å². The molecule has 7 nitrogen and oxygen atoms in total. The monoisotopic (exact) mass is 435 g/mol. The van der Waals surface area contributed by atoms with Gasteiger partial charge in [0.05, 0.1) is 22.7 Å². The van der Waals surface area contributed by atoms with Crippen LogP contribution in [0.15, 0.2) is 89.8 Å². The van der Waals surface area contributed by atoms with Crippen molar-refractivity contribution < 1.29 is 18.0 Å². The number of nitrogens with one attached hydrogen (secondary N) is 2. The summed E-state index contributed by atoms with van der Waals surface area (Å²) in [5.74, 6) is -0.968. The third kappa shape index (κ3) is 4.29. The van der Waals surface area contributed by atoms with Gasteiger partial charge in [-0.3, -0.25) is 13.9 Å². The minimum absolute atomic E-state index is 0.0502. The third-order valence-electron chi connectivity index (χ3n) is 5.00. The Bertz CT molecular complexity index is 1200. The molecule has 0 aliphatic carbocycles. The minimum atomic E-state index is -4.08. The quantitative estimate of drug-likeness (QED) is 0.622. The van der Waals surface area contributed by atoms with Crippen molar-refractivity contribution in [1.82, 2.24) is 5.32 Å². The van der Waals surface area contributed by atoms with Crippen molar-refractivity contribution in [1.29, 1.82) is 0 Å². The molecule has 0 spiro atoms. The Balaban J connectivity index is 1.65. The van der Waals surface area contributed by atoms with Crippen LogP contribution in [0.5, 0.6) is 0 Å². The van der Waals surface area contributed by atoms with Crippen LogP contribution >= 0.6 is 0 Å². The van der Waals surface area contributed by atoms with E-state index in [2.05, 4.69) is 10.6 Å². The maximum atomic E-state index is 13.5. The molecule has 2 amide bonds. The first-order valence-electron chi connectivity index (χ1n) is 9.77. The van der Waals surface area contributed by atoms with E-state index in [-0.39, 0.29) is 17.9 Å². The van der Waals surface area contributed by atoms with Crippen LogP contribution in [0.4, 0.5) is 11.4 Å². The highest BCUT2D eigenvalue weighted by Crippen LogP contribution is 2.37. The van der Waals surface area contributed by atoms with Crippen LogP contribution in [0.2, 0.25) is 0 Å². The summed E-state index contributed by atoms with van der Waals surface area (Å²) < 4.78 is 28.0. The van der Waals surface area contributed by atoms with Crippen LogP contribution in [0, 0.1) is 0 Å². The van der Waals surface area contributed by atoms with Crippen LogP contribution in [-0.4, -0.2) is 26.3 Å². The largest absolute Gasteiger partial charge is 0.352 e. The van der Waals surface area contributed by atoms with Crippen LogP contribution in [0.1, 0.15) is 12.0 Å². The van der Waals surface area contributed by atoms with Crippen LogP contribution in [0.25, 0.3) is 0 Å². The van der Waals surface area contributed by atoms with E-state index in [1.165, 1.54) is 12.1 Å². The van der Waals surface area contributed by atoms with Crippen LogP contribution < -0.4 is 14.9 Å². The highest BCUT2D eigenvalue weighted by atomic mass is 32.2. The molecule has 1 aliphatic rings. The lowest BCUT2D eigenvalue weighted by molar-refractivity contribution is -0.125. The number of benzene rings is 3. The summed E-state index contributed by atoms with van der Waals surface area (Å²) in [6.07, 6.45) is -0.306. The Morgan fingerprint density at radius 3 is 2.23 bits per heavy atom. The number of para-hydroxylation sites is 2. The summed E-state index contributed by atoms with van der Waals surface area (Å²) in [5.41, 5.74) is 1.61. The van der Waals surface area contributed by atoms with E-state index in [1.807, 2.05) is 30.3 Å². The van der Waals surface area contributed by atoms with Gasteiger partial charge in [-0.05, 0) is 29.8 Å². The predicted octanol–water partition coefficient (Wildman–Crippen LogP) is 2.91. The van der Waals surface area contributed by atoms with E-state index in [0.29, 0.717) is 11.4 Å². The number of hydrogen-bond donors (Lipinski definition) is 2. The highest BCUT2D eigenvalue weighted by molar-refractivity contribution is 7.93. The van der Waals surface area contributed by atoms with E-state index in [4.69, 9.17) is 0 Å². The van der Waals surface area contributed by atoms with Crippen LogP contribution in [-0.2, 0) is 26.2 Å². The average Bonchev–Trinajstić information content (AvgIpc) is 2.79. The number of carbonyl (C=O) groups is 2. The zero-order valence-electron chi connectivity index (χ0n) is 16.6. The molecule has 0 aromatic heterocycles. The molecule has 31 heavy (non-hydrogen) atoms. The fourth-order valence-corrected chi connectivity index (χ4v) is 5.14. The van der Waals surface area contributed by atoms with Gasteiger partial charge in [0.25, 0.3) is 10.0 Å². The first-order chi connectivity index (χ1) is 15.0. The van der Waals surface area contributed by atoms with Gasteiger partial charge in [0, 0.05) is 6.54 Å². The molecular weight excluding hydrogens is 414 g/mol. The Kier molecular flexibility index (Phi) is 5.73. The van der Waals surface area contributed by atoms with Gasteiger partial charge in [0.15, 0.2) is 0 Å². The Morgan fingerprint density at radius 2 is 1.52 bits per heavy atom. The topological polar surface area (TPSA) is 95.6 Å². The highest BCUT2D eigenvalue weighted by Gasteiger charge is 2.41. The van der Waals surface area contributed by atoms with Gasteiger partial charge in [-0.2, -0.15) is 0 Å². The van der Waals surface area contributed by atoms with Crippen molar-refractivity contribution in [2.75, 3.05) is 9.62 Å². The van der Waals surface area contributed by atoms with Crippen LogP contribution in [0.3, 0.4) is 0 Å². The number of hydrogen-bond acceptors (Lipinski definition) is 4. The van der Waals surface area contributed by atoms with Gasteiger partial charge in [-0.15, -0.1) is 0 Å². The summed E-state index contributed by atoms with van der Waals surface area (Å²) in [5, 5.41) is 5.48. The molecule has 4 rings (SSSR count). The summed E-state index contributed by atoms with van der Waals surface area (Å²) in [6, 6.07) is 22.7. The average molecular weight is 436 g/mol. The Labute approximate surface area is 180 Å². The summed E-state index contributed by atoms with van der Waals surface area (Å²) in [4.78, 5) is 25.5. The van der Waals surface area contributed by atoms with Crippen molar-refractivity contribution in [2.45, 2.75) is 23.9 Å². The van der Waals surface area contributed by atoms with Crippen molar-refractivity contribution in [3.8, 4) is 0 Å². The molecule has 8 heteroatoms. The second kappa shape index (κ2) is 8.61. The zero-order chi connectivity index (χ0) is 21.8. The number of sulfonamides is 1. The first-order valence-corrected chi connectivity index (χ1v) is 11.2. The summed E-state index contributed by atoms with van der Waals surface area (Å²) >= 11 is 0. The van der Waals surface area contributed by atoms with E-state index in [0.717, 1.165) is 9.87 Å². The number of carbonyl (C=O) groups excluding carboxylic acids is 2. The molecule has 1 aliphatic heterocycles. The molecule has 0 radical (unpaired) electrons. The minimum Gasteiger partial charge on any atom is -0.352 e. The molecule has 0 bridgehead atoms. The van der Waals surface area contributed by atoms with E-state index in [9.17, 15) is 18.0 Å². The molecule has 3 aromatic rings. The lowest BCUT2D eigenvalue weighted by atomic mass is 10.1. The molecule has 0 fully saturated rings. The predicted molar refractivity (Wildman–Crippen MR) is 118 cm³/mol. The van der Waals surface area contributed by atoms with Gasteiger partial charge in [-0.1, -0.05) is 60.7 Å². The van der Waals surface area contributed by atoms with Crippen molar-refractivity contribution >= 4 is 33.2 Å². The van der Waals surface area contributed by atoms with E-state index < -0.39 is 27.9 Å². The zero-order valence-corrected chi connectivity index (χ0v) is 17.4. The number of anilines is 2. The molecule has 1 unspecified atom stereocenters. The maximum absolute atomic E-state index is 13.5. The molecule has 158 valence electrons. The van der Waals surface area contributed by atoms with Gasteiger partial charge in [0.1, 0.15) is 6.04 Å². The third-order valence-corrected chi connectivity index (χ3v) is 6.83. The SMILES string of the molecule is O=C(CC1C(=O)Nc2ccccc2N1S(=O)(=O)c1ccccc1)NCc1ccccc1. The lowest BCUT2D eigenvalue weighted by Gasteiger charge is -2.36. The molecule has 1 heterocycles. The van der Waals surface area contributed by atoms with Gasteiger partial charge in [-0.25, -0.2) is 8.42 Å². The molecule has 1 atom stereocenters. The van der Waals surface area contributed by atoms with E-state index in [1.54, 1.807) is 42.5 Å².